The Labute approximate surface area is 185 Å². The first-order chi connectivity index (χ1) is 14.7. The van der Waals surface area contributed by atoms with E-state index in [2.05, 4.69) is 9.72 Å². The number of carbonyl (C=O) groups excluding carboxylic acids is 1. The van der Waals surface area contributed by atoms with Crippen LogP contribution in [0.5, 0.6) is 11.5 Å². The highest BCUT2D eigenvalue weighted by Gasteiger charge is 2.18. The molecule has 0 saturated heterocycles. The largest absolute Gasteiger partial charge is 0.468 e. The minimum absolute atomic E-state index is 0.000475. The number of thioether (sulfide) groups is 1. The lowest BCUT2D eigenvalue weighted by Gasteiger charge is -2.14. The van der Waals surface area contributed by atoms with Crippen molar-refractivity contribution in [3.05, 3.63) is 73.9 Å². The van der Waals surface area contributed by atoms with Crippen molar-refractivity contribution in [2.45, 2.75) is 11.9 Å². The third kappa shape index (κ3) is 4.80. The van der Waals surface area contributed by atoms with Gasteiger partial charge in [0.15, 0.2) is 5.75 Å². The van der Waals surface area contributed by atoms with Gasteiger partial charge in [0.05, 0.1) is 23.6 Å². The number of esters is 1. The Kier molecular flexibility index (Phi) is 6.81. The van der Waals surface area contributed by atoms with Gasteiger partial charge in [0.1, 0.15) is 16.6 Å². The minimum atomic E-state index is -0.869. The second-order valence-corrected chi connectivity index (χ2v) is 7.68. The molecule has 0 atom stereocenters. The van der Waals surface area contributed by atoms with Crippen LogP contribution in [0.15, 0.2) is 51.1 Å². The van der Waals surface area contributed by atoms with Gasteiger partial charge in [0, 0.05) is 31.1 Å². The summed E-state index contributed by atoms with van der Waals surface area (Å²) in [7, 11) is 2.75. The SMILES string of the molecule is COC(=O)CSc1ncccc1Oc1cc(-n2c(=O)cc(C)n(C)c2=O)c(F)cc1Cl. The smallest absolute Gasteiger partial charge is 0.335 e. The third-order valence-corrected chi connectivity index (χ3v) is 5.57. The van der Waals surface area contributed by atoms with Gasteiger partial charge >= 0.3 is 11.7 Å². The first kappa shape index (κ1) is 22.6. The molecule has 0 aliphatic heterocycles. The summed E-state index contributed by atoms with van der Waals surface area (Å²) in [6.07, 6.45) is 1.51. The number of carbonyl (C=O) groups is 1. The van der Waals surface area contributed by atoms with Crippen molar-refractivity contribution in [2.75, 3.05) is 12.9 Å². The van der Waals surface area contributed by atoms with Gasteiger partial charge in [-0.3, -0.25) is 9.59 Å². The first-order valence-corrected chi connectivity index (χ1v) is 10.2. The molecule has 0 unspecified atom stereocenters. The molecule has 1 aromatic carbocycles. The Morgan fingerprint density at radius 1 is 1.26 bits per heavy atom. The third-order valence-electron chi connectivity index (χ3n) is 4.31. The highest BCUT2D eigenvalue weighted by atomic mass is 35.5. The number of halogens is 2. The van der Waals surface area contributed by atoms with Gasteiger partial charge in [0.2, 0.25) is 0 Å². The minimum Gasteiger partial charge on any atom is -0.468 e. The lowest BCUT2D eigenvalue weighted by molar-refractivity contribution is -0.137. The monoisotopic (exact) mass is 465 g/mol. The van der Waals surface area contributed by atoms with Crippen LogP contribution in [0.1, 0.15) is 5.69 Å². The van der Waals surface area contributed by atoms with Crippen LogP contribution in [0.2, 0.25) is 5.02 Å². The number of pyridine rings is 1. The number of methoxy groups -OCH3 is 1. The van der Waals surface area contributed by atoms with Gasteiger partial charge in [0.25, 0.3) is 5.56 Å². The molecule has 8 nitrogen and oxygen atoms in total. The summed E-state index contributed by atoms with van der Waals surface area (Å²) in [5, 5.41) is 0.296. The highest BCUT2D eigenvalue weighted by molar-refractivity contribution is 8.00. The number of aryl methyl sites for hydroxylation is 1. The molecule has 0 radical (unpaired) electrons. The number of hydrogen-bond donors (Lipinski definition) is 0. The molecule has 0 amide bonds. The number of rotatable bonds is 6. The van der Waals surface area contributed by atoms with Crippen LogP contribution in [0, 0.1) is 12.7 Å². The van der Waals surface area contributed by atoms with E-state index in [1.807, 2.05) is 0 Å². The maximum absolute atomic E-state index is 14.7. The zero-order chi connectivity index (χ0) is 22.7. The average Bonchev–Trinajstić information content (AvgIpc) is 2.74. The van der Waals surface area contributed by atoms with Gasteiger partial charge in [-0.15, -0.1) is 0 Å². The van der Waals surface area contributed by atoms with Crippen molar-refractivity contribution < 1.29 is 18.7 Å². The molecule has 3 aromatic rings. The standard InChI is InChI=1S/C20H17ClFN3O5S/c1-11-7-17(26)25(20(28)24(11)2)14-9-16(12(21)8-13(14)22)30-15-5-4-6-23-19(15)31-10-18(27)29-3/h4-9H,10H2,1-3H3. The van der Waals surface area contributed by atoms with Gasteiger partial charge in [-0.05, 0) is 25.1 Å². The molecule has 11 heteroatoms. The molecule has 0 aliphatic carbocycles. The van der Waals surface area contributed by atoms with Crippen LogP contribution in [0.3, 0.4) is 0 Å². The predicted octanol–water partition coefficient (Wildman–Crippen LogP) is 3.09. The van der Waals surface area contributed by atoms with Crippen LogP contribution in [-0.4, -0.2) is 33.0 Å². The predicted molar refractivity (Wildman–Crippen MR) is 114 cm³/mol. The maximum Gasteiger partial charge on any atom is 0.335 e. The van der Waals surface area contributed by atoms with Crippen LogP contribution in [0.25, 0.3) is 5.69 Å². The molecule has 162 valence electrons. The van der Waals surface area contributed by atoms with Gasteiger partial charge in [-0.1, -0.05) is 23.4 Å². The van der Waals surface area contributed by atoms with E-state index in [9.17, 15) is 18.8 Å². The van der Waals surface area contributed by atoms with E-state index >= 15 is 0 Å². The van der Waals surface area contributed by atoms with Crippen molar-refractivity contribution in [1.29, 1.82) is 0 Å². The summed E-state index contributed by atoms with van der Waals surface area (Å²) in [5.74, 6) is -1.06. The molecule has 2 aromatic heterocycles. The molecule has 0 aliphatic rings. The Morgan fingerprint density at radius 2 is 2.00 bits per heavy atom. The van der Waals surface area contributed by atoms with Crippen LogP contribution in [-0.2, 0) is 16.6 Å². The number of benzene rings is 1. The number of nitrogens with zero attached hydrogens (tertiary/aromatic N) is 3. The van der Waals surface area contributed by atoms with E-state index in [-0.39, 0.29) is 28.0 Å². The lowest BCUT2D eigenvalue weighted by Crippen LogP contribution is -2.38. The molecule has 0 N–H and O–H groups in total. The molecular weight excluding hydrogens is 449 g/mol. The Morgan fingerprint density at radius 3 is 2.71 bits per heavy atom. The van der Waals surface area contributed by atoms with Crippen molar-refractivity contribution in [3.63, 3.8) is 0 Å². The lowest BCUT2D eigenvalue weighted by atomic mass is 10.2. The van der Waals surface area contributed by atoms with Crippen molar-refractivity contribution in [3.8, 4) is 17.2 Å². The Balaban J connectivity index is 2.05. The fourth-order valence-electron chi connectivity index (χ4n) is 2.59. The van der Waals surface area contributed by atoms with Crippen LogP contribution >= 0.6 is 23.4 Å². The van der Waals surface area contributed by atoms with E-state index in [0.717, 1.165) is 23.9 Å². The number of hydrogen-bond acceptors (Lipinski definition) is 7. The van der Waals surface area contributed by atoms with Crippen LogP contribution < -0.4 is 16.0 Å². The molecule has 31 heavy (non-hydrogen) atoms. The van der Waals surface area contributed by atoms with Gasteiger partial charge in [-0.2, -0.15) is 0 Å². The number of aromatic nitrogens is 3. The Bertz CT molecular complexity index is 1270. The molecule has 2 heterocycles. The molecule has 0 saturated carbocycles. The van der Waals surface area contributed by atoms with Crippen molar-refractivity contribution >= 4 is 29.3 Å². The van der Waals surface area contributed by atoms with E-state index < -0.39 is 23.0 Å². The molecule has 0 spiro atoms. The number of ether oxygens (including phenoxy) is 2. The van der Waals surface area contributed by atoms with E-state index in [0.29, 0.717) is 15.3 Å². The fraction of sp³-hybridized carbons (Fsp3) is 0.200. The van der Waals surface area contributed by atoms with E-state index in [1.54, 1.807) is 19.1 Å². The first-order valence-electron chi connectivity index (χ1n) is 8.84. The van der Waals surface area contributed by atoms with Crippen LogP contribution in [0.4, 0.5) is 4.39 Å². The molecule has 0 fully saturated rings. The van der Waals surface area contributed by atoms with E-state index in [1.165, 1.54) is 31.0 Å². The van der Waals surface area contributed by atoms with Gasteiger partial charge in [-0.25, -0.2) is 18.7 Å². The van der Waals surface area contributed by atoms with Gasteiger partial charge < -0.3 is 14.0 Å². The normalized spacial score (nSPS) is 10.7. The molecule has 0 bridgehead atoms. The summed E-state index contributed by atoms with van der Waals surface area (Å²) in [4.78, 5) is 40.6. The quantitative estimate of drug-likeness (QED) is 0.408. The van der Waals surface area contributed by atoms with Crippen molar-refractivity contribution in [1.82, 2.24) is 14.1 Å². The maximum atomic E-state index is 14.7. The highest BCUT2D eigenvalue weighted by Crippen LogP contribution is 2.36. The second kappa shape index (κ2) is 9.36. The Hall–Kier alpha value is -3.11. The van der Waals surface area contributed by atoms with E-state index in [4.69, 9.17) is 16.3 Å². The van der Waals surface area contributed by atoms with Crippen molar-refractivity contribution in [2.24, 2.45) is 7.05 Å². The second-order valence-electron chi connectivity index (χ2n) is 6.31. The summed E-state index contributed by atoms with van der Waals surface area (Å²) < 4.78 is 27.0. The zero-order valence-electron chi connectivity index (χ0n) is 16.7. The summed E-state index contributed by atoms with van der Waals surface area (Å²) in [5.41, 5.74) is -1.28. The summed E-state index contributed by atoms with van der Waals surface area (Å²) in [6.45, 7) is 1.59. The fourth-order valence-corrected chi connectivity index (χ4v) is 3.54. The summed E-state index contributed by atoms with van der Waals surface area (Å²) >= 11 is 7.22. The zero-order valence-corrected chi connectivity index (χ0v) is 18.3. The molecular formula is C20H17ClFN3O5S. The average molecular weight is 466 g/mol. The molecule has 3 rings (SSSR count). The topological polar surface area (TPSA) is 92.4 Å². The summed E-state index contributed by atoms with van der Waals surface area (Å²) in [6, 6.07) is 6.53.